The molecule has 1 atom stereocenters. The van der Waals surface area contributed by atoms with Crippen molar-refractivity contribution in [2.45, 2.75) is 20.1 Å². The molecule has 0 amide bonds. The van der Waals surface area contributed by atoms with Crippen molar-refractivity contribution in [1.29, 1.82) is 0 Å². The molecule has 2 N–H and O–H groups in total. The van der Waals surface area contributed by atoms with E-state index in [9.17, 15) is 5.11 Å². The van der Waals surface area contributed by atoms with Crippen LogP contribution < -0.4 is 5.53 Å². The molecule has 0 aromatic heterocycles. The summed E-state index contributed by atoms with van der Waals surface area (Å²) >= 11 is 5.14. The van der Waals surface area contributed by atoms with Crippen molar-refractivity contribution in [2.24, 2.45) is 4.99 Å². The lowest BCUT2D eigenvalue weighted by Crippen LogP contribution is -2.43. The molecule has 75 valence electrons. The number of hydrogen-bond acceptors (Lipinski definition) is 5. The van der Waals surface area contributed by atoms with Crippen LogP contribution in [0, 0.1) is 0 Å². The summed E-state index contributed by atoms with van der Waals surface area (Å²) in [5, 5.41) is 13.2. The lowest BCUT2D eigenvalue weighted by Gasteiger charge is -2.25. The number of aliphatic hydroxyl groups excluding tert-OH is 1. The summed E-state index contributed by atoms with van der Waals surface area (Å²) in [6.45, 7) is 3.54. The second-order valence-corrected chi connectivity index (χ2v) is 3.62. The van der Waals surface area contributed by atoms with Crippen molar-refractivity contribution in [3.05, 3.63) is 23.1 Å². The first-order chi connectivity index (χ1) is 6.58. The summed E-state index contributed by atoms with van der Waals surface area (Å²) in [5.41, 5.74) is 3.77. The fraction of sp³-hybridized carbons (Fsp3) is 0.375. The van der Waals surface area contributed by atoms with Gasteiger partial charge in [0.05, 0.1) is 6.20 Å². The lowest BCUT2D eigenvalue weighted by molar-refractivity contribution is -0.00537. The van der Waals surface area contributed by atoms with E-state index in [0.717, 1.165) is 5.71 Å². The van der Waals surface area contributed by atoms with Crippen LogP contribution in [0.25, 0.3) is 0 Å². The average Bonchev–Trinajstić information content (AvgIpc) is 2.47. The maximum atomic E-state index is 9.34. The van der Waals surface area contributed by atoms with Gasteiger partial charge in [0.15, 0.2) is 5.82 Å². The van der Waals surface area contributed by atoms with Gasteiger partial charge in [-0.2, -0.15) is 0 Å². The van der Waals surface area contributed by atoms with Crippen LogP contribution in [0.15, 0.2) is 28.1 Å². The topological polar surface area (TPSA) is 51.1 Å². The third-order valence-electron chi connectivity index (χ3n) is 1.95. The van der Waals surface area contributed by atoms with Crippen molar-refractivity contribution in [1.82, 2.24) is 15.6 Å². The Balaban J connectivity index is 2.28. The molecule has 0 spiro atoms. The Kier molecular flexibility index (Phi) is 2.18. The van der Waals surface area contributed by atoms with Crippen LogP contribution in [0.3, 0.4) is 0 Å². The average molecular weight is 211 g/mol. The predicted molar refractivity (Wildman–Crippen MR) is 55.4 cm³/mol. The number of fused-ring (bicyclic) bond motifs is 1. The van der Waals surface area contributed by atoms with Crippen LogP contribution >= 0.6 is 12.6 Å². The maximum absolute atomic E-state index is 9.34. The molecular weight excluding hydrogens is 200 g/mol. The standard InChI is InChI=1S/C8H11N4OS/c1-5-3-8(14)12-7(9-5)4-11(10-12)6(2)13/h3-4,6,10,13H,1-2H3/t6-/m0/s1. The van der Waals surface area contributed by atoms with Gasteiger partial charge in [0.1, 0.15) is 11.3 Å². The quantitative estimate of drug-likeness (QED) is 0.669. The highest BCUT2D eigenvalue weighted by molar-refractivity contribution is 7.84. The predicted octanol–water partition coefficient (Wildman–Crippen LogP) is 0.674. The number of nitrogens with zero attached hydrogens (tertiary/aromatic N) is 3. The second-order valence-electron chi connectivity index (χ2n) is 3.20. The molecule has 5 nitrogen and oxygen atoms in total. The van der Waals surface area contributed by atoms with Gasteiger partial charge >= 0.3 is 0 Å². The minimum atomic E-state index is -0.619. The number of nitrogens with one attached hydrogen (secondary N) is 1. The summed E-state index contributed by atoms with van der Waals surface area (Å²) in [6.07, 6.45) is 2.89. The van der Waals surface area contributed by atoms with Gasteiger partial charge in [-0.1, -0.05) is 12.6 Å². The number of hydrazine groups is 2. The van der Waals surface area contributed by atoms with E-state index in [4.69, 9.17) is 12.6 Å². The Morgan fingerprint density at radius 2 is 2.36 bits per heavy atom. The van der Waals surface area contributed by atoms with E-state index in [0.29, 0.717) is 10.9 Å². The van der Waals surface area contributed by atoms with Crippen LogP contribution in [-0.2, 0) is 0 Å². The molecule has 0 unspecified atom stereocenters. The van der Waals surface area contributed by atoms with Gasteiger partial charge in [0.25, 0.3) is 0 Å². The monoisotopic (exact) mass is 211 g/mol. The van der Waals surface area contributed by atoms with Crippen molar-refractivity contribution >= 4 is 18.3 Å². The van der Waals surface area contributed by atoms with Crippen molar-refractivity contribution < 1.29 is 5.11 Å². The maximum Gasteiger partial charge on any atom is 0.167 e. The minimum Gasteiger partial charge on any atom is -0.372 e. The number of hydrogen-bond donors (Lipinski definition) is 2. The highest BCUT2D eigenvalue weighted by atomic mass is 32.1. The molecule has 0 fully saturated rings. The Hall–Kier alpha value is -1.11. The summed E-state index contributed by atoms with van der Waals surface area (Å²) < 4.78 is 0. The molecule has 14 heavy (non-hydrogen) atoms. The fourth-order valence-electron chi connectivity index (χ4n) is 1.27. The number of aliphatic hydroxyl groups is 1. The van der Waals surface area contributed by atoms with E-state index in [2.05, 4.69) is 10.5 Å². The Labute approximate surface area is 87.8 Å². The SMILES string of the molecule is CC1=NC2=CN([C@H](C)O)NN2C([S])=C1. The Bertz CT molecular complexity index is 347. The molecule has 2 aliphatic heterocycles. The van der Waals surface area contributed by atoms with Gasteiger partial charge < -0.3 is 5.11 Å². The molecule has 0 saturated carbocycles. The molecule has 6 heteroatoms. The van der Waals surface area contributed by atoms with Crippen LogP contribution in [-0.4, -0.2) is 27.1 Å². The summed E-state index contributed by atoms with van der Waals surface area (Å²) in [5.74, 6) is 0.705. The van der Waals surface area contributed by atoms with Crippen LogP contribution in [0.5, 0.6) is 0 Å². The zero-order valence-corrected chi connectivity index (χ0v) is 8.75. The number of allylic oxidation sites excluding steroid dienone is 1. The molecule has 0 aliphatic carbocycles. The fourth-order valence-corrected chi connectivity index (χ4v) is 1.57. The lowest BCUT2D eigenvalue weighted by atomic mass is 10.3. The first-order valence-corrected chi connectivity index (χ1v) is 4.67. The number of rotatable bonds is 1. The zero-order valence-electron chi connectivity index (χ0n) is 7.93. The van der Waals surface area contributed by atoms with Crippen molar-refractivity contribution in [3.8, 4) is 0 Å². The molecule has 2 heterocycles. The smallest absolute Gasteiger partial charge is 0.167 e. The van der Waals surface area contributed by atoms with Gasteiger partial charge in [0.2, 0.25) is 0 Å². The molecular formula is C8H11N4OS. The van der Waals surface area contributed by atoms with Crippen molar-refractivity contribution in [2.75, 3.05) is 0 Å². The highest BCUT2D eigenvalue weighted by Crippen LogP contribution is 2.24. The van der Waals surface area contributed by atoms with E-state index >= 15 is 0 Å². The first-order valence-electron chi connectivity index (χ1n) is 4.26. The molecule has 2 aliphatic rings. The second kappa shape index (κ2) is 3.23. The zero-order chi connectivity index (χ0) is 10.3. The summed E-state index contributed by atoms with van der Waals surface area (Å²) in [4.78, 5) is 4.27. The van der Waals surface area contributed by atoms with Gasteiger partial charge in [0, 0.05) is 5.71 Å². The van der Waals surface area contributed by atoms with E-state index in [1.54, 1.807) is 24.2 Å². The highest BCUT2D eigenvalue weighted by Gasteiger charge is 2.27. The van der Waals surface area contributed by atoms with Gasteiger partial charge in [-0.25, -0.2) is 10.0 Å². The van der Waals surface area contributed by atoms with Crippen LogP contribution in [0.4, 0.5) is 0 Å². The Morgan fingerprint density at radius 1 is 1.64 bits per heavy atom. The van der Waals surface area contributed by atoms with E-state index in [1.807, 2.05) is 6.92 Å². The van der Waals surface area contributed by atoms with Crippen LogP contribution in [0.2, 0.25) is 0 Å². The molecule has 0 aromatic rings. The third-order valence-corrected chi connectivity index (χ3v) is 2.25. The molecule has 0 saturated heterocycles. The molecule has 1 radical (unpaired) electrons. The van der Waals surface area contributed by atoms with E-state index in [-0.39, 0.29) is 0 Å². The molecule has 0 bridgehead atoms. The largest absolute Gasteiger partial charge is 0.372 e. The normalized spacial score (nSPS) is 22.6. The number of aliphatic imine (C=N–C) groups is 1. The summed E-state index contributed by atoms with van der Waals surface area (Å²) in [7, 11) is 0. The van der Waals surface area contributed by atoms with Crippen molar-refractivity contribution in [3.63, 3.8) is 0 Å². The van der Waals surface area contributed by atoms with Gasteiger partial charge in [-0.15, -0.1) is 5.53 Å². The minimum absolute atomic E-state index is 0.619. The van der Waals surface area contributed by atoms with Gasteiger partial charge in [-0.3, -0.25) is 5.01 Å². The first kappa shape index (κ1) is 9.45. The summed E-state index contributed by atoms with van der Waals surface area (Å²) in [6, 6.07) is 0. The third kappa shape index (κ3) is 1.47. The molecule has 2 rings (SSSR count). The van der Waals surface area contributed by atoms with E-state index in [1.165, 1.54) is 5.01 Å². The molecule has 0 aromatic carbocycles. The Morgan fingerprint density at radius 3 is 3.00 bits per heavy atom. The van der Waals surface area contributed by atoms with Crippen LogP contribution in [0.1, 0.15) is 13.8 Å². The van der Waals surface area contributed by atoms with Gasteiger partial charge in [-0.05, 0) is 19.9 Å². The van der Waals surface area contributed by atoms with E-state index < -0.39 is 6.23 Å².